The lowest BCUT2D eigenvalue weighted by Gasteiger charge is -2.27. The molecule has 0 aromatic heterocycles. The minimum absolute atomic E-state index is 0.294. The molecule has 2 heteroatoms. The molecule has 1 aliphatic rings. The molecule has 15 heavy (non-hydrogen) atoms. The van der Waals surface area contributed by atoms with Crippen molar-refractivity contribution >= 4 is 5.57 Å². The molecule has 0 saturated carbocycles. The lowest BCUT2D eigenvalue weighted by molar-refractivity contribution is -0.143. The van der Waals surface area contributed by atoms with E-state index in [0.29, 0.717) is 0 Å². The van der Waals surface area contributed by atoms with Gasteiger partial charge < -0.3 is 10.2 Å². The average Bonchev–Trinajstić information content (AvgIpc) is 2.23. The lowest BCUT2D eigenvalue weighted by Crippen LogP contribution is -2.34. The summed E-state index contributed by atoms with van der Waals surface area (Å²) in [7, 11) is 0. The number of rotatable bonds is 1. The van der Waals surface area contributed by atoms with E-state index >= 15 is 0 Å². The zero-order valence-corrected chi connectivity index (χ0v) is 8.59. The van der Waals surface area contributed by atoms with Gasteiger partial charge in [-0.15, -0.1) is 0 Å². The standard InChI is InChI=1S/C13H14O2/c1-10-9-12(7-8-13(10,14)15)11-5-3-2-4-6-11/h2-10,14-15H,1H3. The molecule has 78 valence electrons. The summed E-state index contributed by atoms with van der Waals surface area (Å²) >= 11 is 0. The molecule has 2 rings (SSSR count). The Morgan fingerprint density at radius 3 is 2.40 bits per heavy atom. The second kappa shape index (κ2) is 3.65. The van der Waals surface area contributed by atoms with E-state index in [0.717, 1.165) is 11.1 Å². The Morgan fingerprint density at radius 1 is 1.13 bits per heavy atom. The topological polar surface area (TPSA) is 40.5 Å². The molecule has 1 aromatic carbocycles. The highest BCUT2D eigenvalue weighted by Gasteiger charge is 2.29. The van der Waals surface area contributed by atoms with Gasteiger partial charge >= 0.3 is 0 Å². The van der Waals surface area contributed by atoms with Crippen LogP contribution in [0.4, 0.5) is 0 Å². The molecule has 1 unspecified atom stereocenters. The largest absolute Gasteiger partial charge is 0.362 e. The van der Waals surface area contributed by atoms with E-state index < -0.39 is 5.79 Å². The van der Waals surface area contributed by atoms with Gasteiger partial charge in [0.2, 0.25) is 0 Å². The first-order chi connectivity index (χ1) is 7.09. The lowest BCUT2D eigenvalue weighted by atomic mass is 9.89. The van der Waals surface area contributed by atoms with Crippen LogP contribution < -0.4 is 0 Å². The molecule has 0 radical (unpaired) electrons. The molecule has 0 saturated heterocycles. The molecule has 0 aliphatic heterocycles. The van der Waals surface area contributed by atoms with Gasteiger partial charge in [0, 0.05) is 5.92 Å². The minimum atomic E-state index is -1.71. The van der Waals surface area contributed by atoms with Crippen LogP contribution in [0.2, 0.25) is 0 Å². The van der Waals surface area contributed by atoms with Crippen LogP contribution in [0.15, 0.2) is 48.6 Å². The second-order valence-electron chi connectivity index (χ2n) is 3.89. The van der Waals surface area contributed by atoms with Crippen molar-refractivity contribution in [2.75, 3.05) is 0 Å². The third-order valence-corrected chi connectivity index (χ3v) is 2.72. The number of allylic oxidation sites excluding steroid dienone is 2. The molecule has 2 N–H and O–H groups in total. The summed E-state index contributed by atoms with van der Waals surface area (Å²) in [5.41, 5.74) is 2.12. The number of aliphatic hydroxyl groups is 2. The zero-order valence-electron chi connectivity index (χ0n) is 8.59. The minimum Gasteiger partial charge on any atom is -0.362 e. The molecule has 0 amide bonds. The maximum atomic E-state index is 9.53. The highest BCUT2D eigenvalue weighted by molar-refractivity contribution is 5.75. The molecular weight excluding hydrogens is 188 g/mol. The van der Waals surface area contributed by atoms with Crippen molar-refractivity contribution in [3.8, 4) is 0 Å². The van der Waals surface area contributed by atoms with E-state index in [-0.39, 0.29) is 5.92 Å². The van der Waals surface area contributed by atoms with Gasteiger partial charge in [-0.3, -0.25) is 0 Å². The van der Waals surface area contributed by atoms with Crippen molar-refractivity contribution in [1.29, 1.82) is 0 Å². The average molecular weight is 202 g/mol. The summed E-state index contributed by atoms with van der Waals surface area (Å²) in [6, 6.07) is 9.90. The Morgan fingerprint density at radius 2 is 1.80 bits per heavy atom. The molecular formula is C13H14O2. The highest BCUT2D eigenvalue weighted by atomic mass is 16.5. The van der Waals surface area contributed by atoms with Crippen molar-refractivity contribution in [3.63, 3.8) is 0 Å². The highest BCUT2D eigenvalue weighted by Crippen LogP contribution is 2.29. The smallest absolute Gasteiger partial charge is 0.189 e. The maximum Gasteiger partial charge on any atom is 0.189 e. The van der Waals surface area contributed by atoms with Crippen LogP contribution in [0.5, 0.6) is 0 Å². The second-order valence-corrected chi connectivity index (χ2v) is 3.89. The summed E-state index contributed by atoms with van der Waals surface area (Å²) in [5, 5.41) is 19.1. The van der Waals surface area contributed by atoms with Gasteiger partial charge in [-0.2, -0.15) is 0 Å². The van der Waals surface area contributed by atoms with Crippen LogP contribution in [0.1, 0.15) is 12.5 Å². The third-order valence-electron chi connectivity index (χ3n) is 2.72. The molecule has 2 nitrogen and oxygen atoms in total. The number of hydrogen-bond acceptors (Lipinski definition) is 2. The summed E-state index contributed by atoms with van der Waals surface area (Å²) in [5.74, 6) is -2.00. The van der Waals surface area contributed by atoms with E-state index in [9.17, 15) is 10.2 Å². The fourth-order valence-corrected chi connectivity index (χ4v) is 1.63. The molecule has 1 aliphatic carbocycles. The normalized spacial score (nSPS) is 23.7. The van der Waals surface area contributed by atoms with E-state index in [4.69, 9.17) is 0 Å². The summed E-state index contributed by atoms with van der Waals surface area (Å²) in [6.45, 7) is 1.78. The van der Waals surface area contributed by atoms with Crippen LogP contribution >= 0.6 is 0 Å². The van der Waals surface area contributed by atoms with Crippen LogP contribution in [-0.4, -0.2) is 16.0 Å². The quantitative estimate of drug-likeness (QED) is 0.683. The molecule has 1 aromatic rings. The fraction of sp³-hybridized carbons (Fsp3) is 0.231. The summed E-state index contributed by atoms with van der Waals surface area (Å²) in [4.78, 5) is 0. The Balaban J connectivity index is 2.32. The van der Waals surface area contributed by atoms with Gasteiger partial charge in [0.1, 0.15) is 0 Å². The van der Waals surface area contributed by atoms with Gasteiger partial charge in [-0.05, 0) is 17.2 Å². The van der Waals surface area contributed by atoms with Gasteiger partial charge in [0.05, 0.1) is 0 Å². The van der Waals surface area contributed by atoms with Crippen LogP contribution in [0, 0.1) is 5.92 Å². The zero-order chi connectivity index (χ0) is 10.9. The Labute approximate surface area is 89.2 Å². The Kier molecular flexibility index (Phi) is 2.47. The predicted molar refractivity (Wildman–Crippen MR) is 59.9 cm³/mol. The first-order valence-electron chi connectivity index (χ1n) is 5.01. The number of benzene rings is 1. The van der Waals surface area contributed by atoms with E-state index in [1.54, 1.807) is 13.0 Å². The molecule has 0 heterocycles. The van der Waals surface area contributed by atoms with Gasteiger partial charge in [0.15, 0.2) is 5.79 Å². The molecule has 0 spiro atoms. The van der Waals surface area contributed by atoms with E-state index in [1.807, 2.05) is 36.4 Å². The summed E-state index contributed by atoms with van der Waals surface area (Å²) < 4.78 is 0. The summed E-state index contributed by atoms with van der Waals surface area (Å²) in [6.07, 6.45) is 5.05. The Bertz CT molecular complexity index is 402. The SMILES string of the molecule is CC1C=C(c2ccccc2)C=CC1(O)O. The van der Waals surface area contributed by atoms with Crippen molar-refractivity contribution < 1.29 is 10.2 Å². The van der Waals surface area contributed by atoms with E-state index in [1.165, 1.54) is 6.08 Å². The van der Waals surface area contributed by atoms with Crippen LogP contribution in [0.3, 0.4) is 0 Å². The molecule has 1 atom stereocenters. The first-order valence-corrected chi connectivity index (χ1v) is 5.01. The van der Waals surface area contributed by atoms with Gasteiger partial charge in [0.25, 0.3) is 0 Å². The fourth-order valence-electron chi connectivity index (χ4n) is 1.63. The van der Waals surface area contributed by atoms with Crippen LogP contribution in [0.25, 0.3) is 5.57 Å². The third kappa shape index (κ3) is 2.01. The van der Waals surface area contributed by atoms with Crippen molar-refractivity contribution in [2.45, 2.75) is 12.7 Å². The van der Waals surface area contributed by atoms with Crippen molar-refractivity contribution in [1.82, 2.24) is 0 Å². The Hall–Kier alpha value is -1.38. The molecule has 0 fully saturated rings. The molecule has 0 bridgehead atoms. The van der Waals surface area contributed by atoms with Crippen molar-refractivity contribution in [2.24, 2.45) is 5.92 Å². The van der Waals surface area contributed by atoms with Gasteiger partial charge in [-0.1, -0.05) is 49.4 Å². The number of hydrogen-bond donors (Lipinski definition) is 2. The van der Waals surface area contributed by atoms with Crippen LogP contribution in [-0.2, 0) is 0 Å². The van der Waals surface area contributed by atoms with Crippen molar-refractivity contribution in [3.05, 3.63) is 54.1 Å². The monoisotopic (exact) mass is 202 g/mol. The first kappa shape index (κ1) is 10.1. The van der Waals surface area contributed by atoms with E-state index in [2.05, 4.69) is 0 Å². The van der Waals surface area contributed by atoms with Gasteiger partial charge in [-0.25, -0.2) is 0 Å². The maximum absolute atomic E-state index is 9.53. The predicted octanol–water partition coefficient (Wildman–Crippen LogP) is 1.96.